The molecule has 1 amide bonds. The second kappa shape index (κ2) is 6.24. The third-order valence-corrected chi connectivity index (χ3v) is 4.16. The Kier molecular flexibility index (Phi) is 4.14. The van der Waals surface area contributed by atoms with Gasteiger partial charge in [-0.3, -0.25) is 14.2 Å². The molecule has 0 atom stereocenters. The van der Waals surface area contributed by atoms with E-state index in [1.54, 1.807) is 10.9 Å². The van der Waals surface area contributed by atoms with Crippen LogP contribution >= 0.6 is 0 Å². The van der Waals surface area contributed by atoms with Gasteiger partial charge in [0.2, 0.25) is 5.91 Å². The summed E-state index contributed by atoms with van der Waals surface area (Å²) >= 11 is 0. The van der Waals surface area contributed by atoms with Gasteiger partial charge < -0.3 is 5.32 Å². The molecule has 0 aliphatic carbocycles. The summed E-state index contributed by atoms with van der Waals surface area (Å²) in [5, 5.41) is 12.6. The molecule has 0 spiro atoms. The standard InChI is InChI=1S/C17H21N5O/c1-12-4-5-14-10-20-22(16(14)8-12)7-6-17(23)18-9-15-11-19-21(3)13(15)2/h4-5,8,10-11H,6-7,9H2,1-3H3,(H,18,23). The summed E-state index contributed by atoms with van der Waals surface area (Å²) in [4.78, 5) is 12.1. The molecule has 6 nitrogen and oxygen atoms in total. The Morgan fingerprint density at radius 2 is 2.04 bits per heavy atom. The Morgan fingerprint density at radius 1 is 1.22 bits per heavy atom. The van der Waals surface area contributed by atoms with Crippen LogP contribution in [0.1, 0.15) is 23.2 Å². The van der Waals surface area contributed by atoms with Crippen LogP contribution in [0.25, 0.3) is 10.9 Å². The van der Waals surface area contributed by atoms with Gasteiger partial charge in [-0.25, -0.2) is 0 Å². The van der Waals surface area contributed by atoms with Crippen LogP contribution in [-0.4, -0.2) is 25.5 Å². The number of aryl methyl sites for hydroxylation is 3. The van der Waals surface area contributed by atoms with Crippen molar-refractivity contribution in [3.8, 4) is 0 Å². The van der Waals surface area contributed by atoms with E-state index < -0.39 is 0 Å². The van der Waals surface area contributed by atoms with Crippen LogP contribution in [0.2, 0.25) is 0 Å². The second-order valence-corrected chi connectivity index (χ2v) is 5.84. The number of rotatable bonds is 5. The Morgan fingerprint density at radius 3 is 2.78 bits per heavy atom. The summed E-state index contributed by atoms with van der Waals surface area (Å²) in [6.07, 6.45) is 4.04. The number of nitrogens with zero attached hydrogens (tertiary/aromatic N) is 4. The van der Waals surface area contributed by atoms with E-state index in [4.69, 9.17) is 0 Å². The highest BCUT2D eigenvalue weighted by molar-refractivity contribution is 5.80. The van der Waals surface area contributed by atoms with Gasteiger partial charge in [-0.05, 0) is 25.5 Å². The lowest BCUT2D eigenvalue weighted by molar-refractivity contribution is -0.121. The summed E-state index contributed by atoms with van der Waals surface area (Å²) in [6.45, 7) is 5.13. The number of hydrogen-bond donors (Lipinski definition) is 1. The van der Waals surface area contributed by atoms with Crippen molar-refractivity contribution in [1.82, 2.24) is 24.9 Å². The molecule has 0 unspecified atom stereocenters. The quantitative estimate of drug-likeness (QED) is 0.785. The van der Waals surface area contributed by atoms with Crippen molar-refractivity contribution >= 4 is 16.8 Å². The molecule has 0 saturated heterocycles. The van der Waals surface area contributed by atoms with E-state index >= 15 is 0 Å². The van der Waals surface area contributed by atoms with E-state index in [1.807, 2.05) is 24.9 Å². The van der Waals surface area contributed by atoms with Crippen molar-refractivity contribution in [1.29, 1.82) is 0 Å². The number of hydrogen-bond acceptors (Lipinski definition) is 3. The minimum absolute atomic E-state index is 0.0181. The van der Waals surface area contributed by atoms with Gasteiger partial charge in [0, 0.05) is 36.7 Å². The summed E-state index contributed by atoms with van der Waals surface area (Å²) in [7, 11) is 1.89. The first-order valence-electron chi connectivity index (χ1n) is 7.71. The first-order chi connectivity index (χ1) is 11.0. The van der Waals surface area contributed by atoms with Crippen LogP contribution in [0.4, 0.5) is 0 Å². The Bertz CT molecular complexity index is 846. The summed E-state index contributed by atoms with van der Waals surface area (Å²) < 4.78 is 3.69. The normalized spacial score (nSPS) is 11.1. The zero-order valence-corrected chi connectivity index (χ0v) is 13.7. The SMILES string of the molecule is Cc1ccc2cnn(CCC(=O)NCc3cnn(C)c3C)c2c1. The number of carbonyl (C=O) groups is 1. The molecule has 0 saturated carbocycles. The molecule has 3 rings (SSSR count). The van der Waals surface area contributed by atoms with E-state index in [0.717, 1.165) is 22.2 Å². The third kappa shape index (κ3) is 3.26. The predicted molar refractivity (Wildman–Crippen MR) is 88.9 cm³/mol. The molecule has 3 aromatic rings. The fraction of sp³-hybridized carbons (Fsp3) is 0.353. The molecule has 0 radical (unpaired) electrons. The predicted octanol–water partition coefficient (Wildman–Crippen LogP) is 2.09. The maximum atomic E-state index is 12.1. The van der Waals surface area contributed by atoms with E-state index in [-0.39, 0.29) is 5.91 Å². The summed E-state index contributed by atoms with van der Waals surface area (Å²) in [5.74, 6) is 0.0181. The van der Waals surface area contributed by atoms with Crippen LogP contribution in [0.3, 0.4) is 0 Å². The van der Waals surface area contributed by atoms with Crippen molar-refractivity contribution in [3.05, 3.63) is 47.4 Å². The number of amides is 1. The van der Waals surface area contributed by atoms with Crippen LogP contribution < -0.4 is 5.32 Å². The fourth-order valence-corrected chi connectivity index (χ4v) is 2.57. The lowest BCUT2D eigenvalue weighted by Crippen LogP contribution is -2.24. The van der Waals surface area contributed by atoms with E-state index in [9.17, 15) is 4.79 Å². The molecule has 0 bridgehead atoms. The summed E-state index contributed by atoms with van der Waals surface area (Å²) in [5.41, 5.74) is 4.37. The van der Waals surface area contributed by atoms with Crippen LogP contribution in [-0.2, 0) is 24.9 Å². The van der Waals surface area contributed by atoms with Crippen molar-refractivity contribution in [2.45, 2.75) is 33.4 Å². The molecular formula is C17H21N5O. The molecule has 23 heavy (non-hydrogen) atoms. The monoisotopic (exact) mass is 311 g/mol. The van der Waals surface area contributed by atoms with Crippen LogP contribution in [0.15, 0.2) is 30.6 Å². The Labute approximate surface area is 135 Å². The second-order valence-electron chi connectivity index (χ2n) is 5.84. The summed E-state index contributed by atoms with van der Waals surface area (Å²) in [6, 6.07) is 6.22. The zero-order chi connectivity index (χ0) is 16.4. The van der Waals surface area contributed by atoms with E-state index in [0.29, 0.717) is 19.5 Å². The molecule has 2 heterocycles. The topological polar surface area (TPSA) is 64.7 Å². The zero-order valence-electron chi connectivity index (χ0n) is 13.7. The van der Waals surface area contributed by atoms with E-state index in [2.05, 4.69) is 40.6 Å². The van der Waals surface area contributed by atoms with Crippen LogP contribution in [0.5, 0.6) is 0 Å². The molecule has 6 heteroatoms. The van der Waals surface area contributed by atoms with Gasteiger partial charge in [-0.15, -0.1) is 0 Å². The van der Waals surface area contributed by atoms with Gasteiger partial charge in [0.05, 0.1) is 24.5 Å². The van der Waals surface area contributed by atoms with Gasteiger partial charge >= 0.3 is 0 Å². The largest absolute Gasteiger partial charge is 0.352 e. The van der Waals surface area contributed by atoms with Gasteiger partial charge in [0.25, 0.3) is 0 Å². The average molecular weight is 311 g/mol. The number of fused-ring (bicyclic) bond motifs is 1. The smallest absolute Gasteiger partial charge is 0.222 e. The number of aromatic nitrogens is 4. The average Bonchev–Trinajstić information content (AvgIpc) is 3.07. The number of nitrogens with one attached hydrogen (secondary N) is 1. The number of carbonyl (C=O) groups excluding carboxylic acids is 1. The van der Waals surface area contributed by atoms with Crippen molar-refractivity contribution < 1.29 is 4.79 Å². The minimum atomic E-state index is 0.0181. The molecule has 0 aliphatic heterocycles. The van der Waals surface area contributed by atoms with Crippen molar-refractivity contribution in [2.24, 2.45) is 7.05 Å². The fourth-order valence-electron chi connectivity index (χ4n) is 2.57. The molecule has 1 N–H and O–H groups in total. The third-order valence-electron chi connectivity index (χ3n) is 4.16. The molecule has 0 fully saturated rings. The Balaban J connectivity index is 1.58. The van der Waals surface area contributed by atoms with Gasteiger partial charge in [0.1, 0.15) is 0 Å². The molecule has 120 valence electrons. The van der Waals surface area contributed by atoms with Gasteiger partial charge in [-0.2, -0.15) is 10.2 Å². The van der Waals surface area contributed by atoms with Crippen molar-refractivity contribution in [3.63, 3.8) is 0 Å². The highest BCUT2D eigenvalue weighted by Gasteiger charge is 2.08. The van der Waals surface area contributed by atoms with Gasteiger partial charge in [0.15, 0.2) is 0 Å². The first kappa shape index (κ1) is 15.3. The molecular weight excluding hydrogens is 290 g/mol. The van der Waals surface area contributed by atoms with E-state index in [1.165, 1.54) is 5.56 Å². The molecule has 1 aromatic carbocycles. The highest BCUT2D eigenvalue weighted by atomic mass is 16.1. The molecule has 2 aromatic heterocycles. The minimum Gasteiger partial charge on any atom is -0.352 e. The maximum absolute atomic E-state index is 12.1. The lowest BCUT2D eigenvalue weighted by atomic mass is 10.2. The number of benzene rings is 1. The van der Waals surface area contributed by atoms with Crippen LogP contribution in [0, 0.1) is 13.8 Å². The molecule has 0 aliphatic rings. The van der Waals surface area contributed by atoms with Crippen molar-refractivity contribution in [2.75, 3.05) is 0 Å². The highest BCUT2D eigenvalue weighted by Crippen LogP contribution is 2.15. The van der Waals surface area contributed by atoms with Gasteiger partial charge in [-0.1, -0.05) is 12.1 Å². The lowest BCUT2D eigenvalue weighted by Gasteiger charge is -2.06. The Hall–Kier alpha value is -2.63. The maximum Gasteiger partial charge on any atom is 0.222 e. The first-order valence-corrected chi connectivity index (χ1v) is 7.71.